The lowest BCUT2D eigenvalue weighted by molar-refractivity contribution is -0.386. The predicted octanol–water partition coefficient (Wildman–Crippen LogP) is 3.58. The monoisotopic (exact) mass is 240 g/mol. The number of rotatable bonds is 5. The van der Waals surface area contributed by atoms with E-state index in [9.17, 15) is 14.5 Å². The average Bonchev–Trinajstić information content (AvgIpc) is 2.26. The van der Waals surface area contributed by atoms with Crippen LogP contribution in [-0.4, -0.2) is 11.5 Å². The zero-order valence-corrected chi connectivity index (χ0v) is 10.3. The molecule has 5 heteroatoms. The molecular formula is C12H17FN2O2. The lowest BCUT2D eigenvalue weighted by Gasteiger charge is -2.23. The number of nitro benzene ring substituents is 1. The number of para-hydroxylation sites is 1. The van der Waals surface area contributed by atoms with E-state index in [1.807, 2.05) is 20.8 Å². The number of nitrogens with zero attached hydrogens (tertiary/aromatic N) is 1. The Labute approximate surface area is 100.0 Å². The molecule has 1 N–H and O–H groups in total. The van der Waals surface area contributed by atoms with E-state index in [-0.39, 0.29) is 11.1 Å². The summed E-state index contributed by atoms with van der Waals surface area (Å²) in [6.45, 7) is 6.70. The smallest absolute Gasteiger partial charge is 0.327 e. The molecule has 0 unspecified atom stereocenters. The van der Waals surface area contributed by atoms with Gasteiger partial charge in [0.05, 0.1) is 4.92 Å². The highest BCUT2D eigenvalue weighted by molar-refractivity contribution is 5.62. The van der Waals surface area contributed by atoms with Crippen LogP contribution < -0.4 is 5.32 Å². The summed E-state index contributed by atoms with van der Waals surface area (Å²) in [7, 11) is 0. The normalized spacial score (nSPS) is 11.3. The Bertz CT molecular complexity index is 419. The van der Waals surface area contributed by atoms with Crippen LogP contribution in [-0.2, 0) is 0 Å². The van der Waals surface area contributed by atoms with Crippen molar-refractivity contribution in [1.29, 1.82) is 0 Å². The molecule has 0 atom stereocenters. The summed E-state index contributed by atoms with van der Waals surface area (Å²) in [5, 5.41) is 13.7. The first kappa shape index (κ1) is 13.4. The molecule has 0 fully saturated rings. The van der Waals surface area contributed by atoms with Crippen LogP contribution in [0.1, 0.15) is 27.2 Å². The van der Waals surface area contributed by atoms with Crippen LogP contribution in [0.15, 0.2) is 18.2 Å². The number of anilines is 1. The van der Waals surface area contributed by atoms with Gasteiger partial charge in [-0.3, -0.25) is 10.1 Å². The molecule has 1 aromatic carbocycles. The molecular weight excluding hydrogens is 223 g/mol. The Morgan fingerprint density at radius 3 is 2.65 bits per heavy atom. The molecule has 0 saturated heterocycles. The minimum absolute atomic E-state index is 0.0141. The van der Waals surface area contributed by atoms with Gasteiger partial charge in [0.25, 0.3) is 0 Å². The minimum atomic E-state index is -0.811. The van der Waals surface area contributed by atoms with Gasteiger partial charge in [0, 0.05) is 6.54 Å². The molecule has 0 aromatic heterocycles. The largest absolute Gasteiger partial charge is 0.379 e. The van der Waals surface area contributed by atoms with Crippen LogP contribution in [0.2, 0.25) is 0 Å². The van der Waals surface area contributed by atoms with E-state index in [0.29, 0.717) is 6.54 Å². The minimum Gasteiger partial charge on any atom is -0.379 e. The van der Waals surface area contributed by atoms with E-state index in [0.717, 1.165) is 12.5 Å². The third kappa shape index (κ3) is 3.41. The maximum absolute atomic E-state index is 13.3. The molecule has 0 spiro atoms. The molecule has 17 heavy (non-hydrogen) atoms. The lowest BCUT2D eigenvalue weighted by Crippen LogP contribution is -2.22. The molecule has 0 aliphatic heterocycles. The maximum atomic E-state index is 13.3. The van der Waals surface area contributed by atoms with Gasteiger partial charge in [-0.15, -0.1) is 0 Å². The first-order chi connectivity index (χ1) is 7.87. The van der Waals surface area contributed by atoms with E-state index < -0.39 is 16.4 Å². The van der Waals surface area contributed by atoms with Gasteiger partial charge in [-0.1, -0.05) is 26.8 Å². The highest BCUT2D eigenvalue weighted by atomic mass is 19.1. The molecule has 0 amide bonds. The van der Waals surface area contributed by atoms with Crippen molar-refractivity contribution in [3.63, 3.8) is 0 Å². The number of nitrogens with one attached hydrogen (secondary N) is 1. The molecule has 94 valence electrons. The second-order valence-electron chi connectivity index (χ2n) is 4.76. The zero-order chi connectivity index (χ0) is 13.1. The van der Waals surface area contributed by atoms with Gasteiger partial charge in [0.2, 0.25) is 5.82 Å². The number of halogens is 1. The predicted molar refractivity (Wildman–Crippen MR) is 65.6 cm³/mol. The molecule has 0 aliphatic carbocycles. The van der Waals surface area contributed by atoms with Crippen molar-refractivity contribution in [1.82, 2.24) is 0 Å². The molecule has 1 rings (SSSR count). The molecule has 0 radical (unpaired) electrons. The quantitative estimate of drug-likeness (QED) is 0.632. The Kier molecular flexibility index (Phi) is 4.04. The Hall–Kier alpha value is -1.65. The van der Waals surface area contributed by atoms with E-state index in [2.05, 4.69) is 5.32 Å². The third-order valence-electron chi connectivity index (χ3n) is 2.88. The number of nitro groups is 1. The number of hydrogen-bond donors (Lipinski definition) is 1. The second-order valence-corrected chi connectivity index (χ2v) is 4.76. The first-order valence-corrected chi connectivity index (χ1v) is 5.54. The van der Waals surface area contributed by atoms with Crippen molar-refractivity contribution in [3.05, 3.63) is 34.1 Å². The van der Waals surface area contributed by atoms with Crippen LogP contribution in [0.25, 0.3) is 0 Å². The number of hydrogen-bond acceptors (Lipinski definition) is 3. The fourth-order valence-electron chi connectivity index (χ4n) is 1.30. The van der Waals surface area contributed by atoms with Crippen molar-refractivity contribution in [2.45, 2.75) is 27.2 Å². The summed E-state index contributed by atoms with van der Waals surface area (Å²) in [5.74, 6) is -0.811. The Morgan fingerprint density at radius 1 is 1.47 bits per heavy atom. The molecule has 0 heterocycles. The van der Waals surface area contributed by atoms with Gasteiger partial charge >= 0.3 is 5.69 Å². The Balaban J connectivity index is 2.92. The van der Waals surface area contributed by atoms with E-state index in [1.54, 1.807) is 0 Å². The van der Waals surface area contributed by atoms with Gasteiger partial charge in [-0.05, 0) is 24.0 Å². The lowest BCUT2D eigenvalue weighted by atomic mass is 9.90. The average molecular weight is 240 g/mol. The molecule has 0 bridgehead atoms. The standard InChI is InChI=1S/C12H17FN2O2/c1-4-12(2,3)8-14-10-7-5-6-9(13)11(10)15(16)17/h5-7,14H,4,8H2,1-3H3. The van der Waals surface area contributed by atoms with Crippen molar-refractivity contribution in [2.24, 2.45) is 5.41 Å². The van der Waals surface area contributed by atoms with E-state index in [1.165, 1.54) is 12.1 Å². The second kappa shape index (κ2) is 5.12. The summed E-state index contributed by atoms with van der Waals surface area (Å²) in [6.07, 6.45) is 0.934. The number of benzene rings is 1. The molecule has 0 saturated carbocycles. The van der Waals surface area contributed by atoms with E-state index in [4.69, 9.17) is 0 Å². The maximum Gasteiger partial charge on any atom is 0.327 e. The highest BCUT2D eigenvalue weighted by Gasteiger charge is 2.22. The summed E-state index contributed by atoms with van der Waals surface area (Å²) in [4.78, 5) is 10.1. The Morgan fingerprint density at radius 2 is 2.12 bits per heavy atom. The fraction of sp³-hybridized carbons (Fsp3) is 0.500. The first-order valence-electron chi connectivity index (χ1n) is 5.54. The summed E-state index contributed by atoms with van der Waals surface area (Å²) in [6, 6.07) is 4.07. The van der Waals surface area contributed by atoms with Gasteiger partial charge < -0.3 is 5.32 Å². The van der Waals surface area contributed by atoms with Crippen molar-refractivity contribution in [3.8, 4) is 0 Å². The summed E-state index contributed by atoms with van der Waals surface area (Å²) >= 11 is 0. The van der Waals surface area contributed by atoms with Crippen LogP contribution in [0.3, 0.4) is 0 Å². The van der Waals surface area contributed by atoms with Crippen molar-refractivity contribution in [2.75, 3.05) is 11.9 Å². The van der Waals surface area contributed by atoms with E-state index >= 15 is 0 Å². The van der Waals surface area contributed by atoms with Crippen LogP contribution in [0, 0.1) is 21.3 Å². The SMILES string of the molecule is CCC(C)(C)CNc1cccc(F)c1[N+](=O)[O-]. The van der Waals surface area contributed by atoms with Crippen molar-refractivity contribution >= 4 is 11.4 Å². The van der Waals surface area contributed by atoms with Gasteiger partial charge in [-0.25, -0.2) is 0 Å². The van der Waals surface area contributed by atoms with Crippen molar-refractivity contribution < 1.29 is 9.31 Å². The van der Waals surface area contributed by atoms with Crippen LogP contribution in [0.5, 0.6) is 0 Å². The van der Waals surface area contributed by atoms with Gasteiger partial charge in [0.1, 0.15) is 5.69 Å². The van der Waals surface area contributed by atoms with Gasteiger partial charge in [0.15, 0.2) is 0 Å². The zero-order valence-electron chi connectivity index (χ0n) is 10.3. The fourth-order valence-corrected chi connectivity index (χ4v) is 1.30. The molecule has 0 aliphatic rings. The van der Waals surface area contributed by atoms with Gasteiger partial charge in [-0.2, -0.15) is 4.39 Å². The topological polar surface area (TPSA) is 55.2 Å². The molecule has 4 nitrogen and oxygen atoms in total. The van der Waals surface area contributed by atoms with Crippen LogP contribution in [0.4, 0.5) is 15.8 Å². The summed E-state index contributed by atoms with van der Waals surface area (Å²) < 4.78 is 13.3. The van der Waals surface area contributed by atoms with Crippen LogP contribution >= 0.6 is 0 Å². The highest BCUT2D eigenvalue weighted by Crippen LogP contribution is 2.29. The summed E-state index contributed by atoms with van der Waals surface area (Å²) in [5.41, 5.74) is -0.240. The third-order valence-corrected chi connectivity index (χ3v) is 2.88. The molecule has 1 aromatic rings.